The third kappa shape index (κ3) is 4.82. The maximum atomic E-state index is 6.45. The predicted molar refractivity (Wildman–Crippen MR) is 48.7 cm³/mol. The summed E-state index contributed by atoms with van der Waals surface area (Å²) in [5.74, 6) is 0. The molecule has 0 saturated carbocycles. The van der Waals surface area contributed by atoms with Crippen LogP contribution >= 0.6 is 0 Å². The van der Waals surface area contributed by atoms with Crippen molar-refractivity contribution in [3.63, 3.8) is 0 Å². The van der Waals surface area contributed by atoms with Gasteiger partial charge in [0.25, 0.3) is 0 Å². The first kappa shape index (κ1) is 10.4. The Morgan fingerprint density at radius 3 is 2.47 bits per heavy atom. The van der Waals surface area contributed by atoms with Crippen molar-refractivity contribution in [2.24, 2.45) is 41.6 Å². The lowest BCUT2D eigenvalue weighted by molar-refractivity contribution is 0.810. The van der Waals surface area contributed by atoms with E-state index in [1.54, 1.807) is 18.5 Å². The molecule has 15 heavy (non-hydrogen) atoms. The fourth-order valence-corrected chi connectivity index (χ4v) is 0.569. The molecule has 10 nitrogen and oxygen atoms in total. The summed E-state index contributed by atoms with van der Waals surface area (Å²) < 4.78 is 0. The minimum absolute atomic E-state index is 0.620. The van der Waals surface area contributed by atoms with Crippen LogP contribution in [-0.4, -0.2) is 11.3 Å². The highest BCUT2D eigenvalue weighted by molar-refractivity contribution is 5.49. The van der Waals surface area contributed by atoms with Crippen LogP contribution in [0.3, 0.4) is 0 Å². The Balaban J connectivity index is 2.30. The highest BCUT2D eigenvalue weighted by Gasteiger charge is 1.83. The first-order valence-electron chi connectivity index (χ1n) is 3.66. The molecule has 0 spiro atoms. The molecule has 2 N–H and O–H groups in total. The number of aromatic amines is 1. The lowest BCUT2D eigenvalue weighted by Gasteiger charge is -1.75. The second-order valence-electron chi connectivity index (χ2n) is 1.95. The molecule has 0 bridgehead atoms. The van der Waals surface area contributed by atoms with Crippen molar-refractivity contribution < 1.29 is 0 Å². The number of aromatic nitrogens is 1. The van der Waals surface area contributed by atoms with Gasteiger partial charge in [0.05, 0.1) is 0 Å². The van der Waals surface area contributed by atoms with Crippen molar-refractivity contribution in [3.05, 3.63) is 18.5 Å². The molecule has 0 amide bonds. The maximum absolute atomic E-state index is 6.45. The Hall–Kier alpha value is -2.65. The zero-order chi connectivity index (χ0) is 10.8. The molecule has 1 aromatic rings. The summed E-state index contributed by atoms with van der Waals surface area (Å²) in [6, 6.07) is 1.71. The highest BCUT2D eigenvalue weighted by Crippen LogP contribution is 2.08. The van der Waals surface area contributed by atoms with E-state index in [1.165, 1.54) is 0 Å². The first-order valence-corrected chi connectivity index (χ1v) is 3.66. The number of hydrogen-bond donors (Lipinski definition) is 2. The van der Waals surface area contributed by atoms with Gasteiger partial charge in [-0.15, -0.1) is 10.2 Å². The first-order chi connectivity index (χ1) is 7.43. The molecule has 0 aliphatic heterocycles. The number of hydrogen-bond acceptors (Lipinski definition) is 2. The van der Waals surface area contributed by atoms with Crippen molar-refractivity contribution in [1.82, 2.24) is 4.98 Å². The summed E-state index contributed by atoms with van der Waals surface area (Å²) in [4.78, 5) is 2.79. The molecule has 0 aromatic carbocycles. The average molecular weight is 206 g/mol. The molecule has 1 heterocycles. The monoisotopic (exact) mass is 206 g/mol. The molecule has 1 aromatic heterocycles. The summed E-state index contributed by atoms with van der Waals surface area (Å²) in [6.45, 7) is 0. The molecule has 0 aliphatic rings. The van der Waals surface area contributed by atoms with Crippen molar-refractivity contribution in [1.29, 1.82) is 5.41 Å². The fraction of sp³-hybridized carbons (Fsp3) is 0. The van der Waals surface area contributed by atoms with E-state index in [0.717, 1.165) is 0 Å². The van der Waals surface area contributed by atoms with Crippen molar-refractivity contribution in [2.75, 3.05) is 0 Å². The van der Waals surface area contributed by atoms with Crippen LogP contribution in [0.5, 0.6) is 0 Å². The van der Waals surface area contributed by atoms with Gasteiger partial charge in [0.2, 0.25) is 0 Å². The standard InChI is InChI=1S/C5H6N10/c6-4-8-10-12-14-15-13-11-9-5-1-2-7-3-5/h1-4,6-7H/b6-4?,10-8?,11-9?,14-12+,15-13+. The molecule has 76 valence electrons. The molecular formula is C5H6N10. The van der Waals surface area contributed by atoms with Crippen LogP contribution in [0.25, 0.3) is 0 Å². The summed E-state index contributed by atoms with van der Waals surface area (Å²) in [7, 11) is 0. The van der Waals surface area contributed by atoms with E-state index in [0.29, 0.717) is 12.0 Å². The number of nitrogens with zero attached hydrogens (tertiary/aromatic N) is 8. The molecule has 0 saturated heterocycles. The van der Waals surface area contributed by atoms with Gasteiger partial charge in [0.1, 0.15) is 12.0 Å². The van der Waals surface area contributed by atoms with Crippen LogP contribution in [0, 0.1) is 5.41 Å². The van der Waals surface area contributed by atoms with E-state index >= 15 is 0 Å². The van der Waals surface area contributed by atoms with Gasteiger partial charge in [-0.1, -0.05) is 0 Å². The normalized spacial score (nSPS) is 12.5. The minimum atomic E-state index is 0.620. The van der Waals surface area contributed by atoms with Crippen molar-refractivity contribution >= 4 is 12.0 Å². The quantitative estimate of drug-likeness (QED) is 0.316. The Morgan fingerprint density at radius 2 is 1.80 bits per heavy atom. The highest BCUT2D eigenvalue weighted by atomic mass is 15.6. The molecule has 1 rings (SSSR count). The second-order valence-corrected chi connectivity index (χ2v) is 1.95. The van der Waals surface area contributed by atoms with Gasteiger partial charge in [-0.2, -0.15) is 0 Å². The minimum Gasteiger partial charge on any atom is -0.366 e. The summed E-state index contributed by atoms with van der Waals surface area (Å²) >= 11 is 0. The molecule has 0 atom stereocenters. The molecule has 10 heteroatoms. The van der Waals surface area contributed by atoms with Gasteiger partial charge in [-0.05, 0) is 37.4 Å². The van der Waals surface area contributed by atoms with E-state index < -0.39 is 0 Å². The molecule has 0 radical (unpaired) electrons. The SMILES string of the molecule is N=CN=N/N=N/N=N/N=Nc1cc[nH]c1. The van der Waals surface area contributed by atoms with Crippen LogP contribution in [0.4, 0.5) is 5.69 Å². The number of H-pyrrole nitrogens is 1. The van der Waals surface area contributed by atoms with Crippen LogP contribution in [-0.2, 0) is 0 Å². The van der Waals surface area contributed by atoms with E-state index in [2.05, 4.69) is 46.6 Å². The fourth-order valence-electron chi connectivity index (χ4n) is 0.569. The van der Waals surface area contributed by atoms with Gasteiger partial charge in [0.15, 0.2) is 0 Å². The summed E-state index contributed by atoms with van der Waals surface area (Å²) in [6.07, 6.45) is 4.05. The van der Waals surface area contributed by atoms with Gasteiger partial charge >= 0.3 is 0 Å². The van der Waals surface area contributed by atoms with Gasteiger partial charge < -0.3 is 4.98 Å². The van der Waals surface area contributed by atoms with Gasteiger partial charge in [0, 0.05) is 12.4 Å². The third-order valence-electron chi connectivity index (χ3n) is 1.05. The largest absolute Gasteiger partial charge is 0.366 e. The Bertz CT molecular complexity index is 384. The van der Waals surface area contributed by atoms with Gasteiger partial charge in [-0.3, -0.25) is 5.41 Å². The average Bonchev–Trinajstić information content (AvgIpc) is 2.75. The van der Waals surface area contributed by atoms with Crippen LogP contribution < -0.4 is 0 Å². The smallest absolute Gasteiger partial charge is 0.131 e. The summed E-state index contributed by atoms with van der Waals surface area (Å²) in [5.41, 5.74) is 0.620. The van der Waals surface area contributed by atoms with Crippen molar-refractivity contribution in [3.8, 4) is 0 Å². The van der Waals surface area contributed by atoms with Crippen molar-refractivity contribution in [2.45, 2.75) is 0 Å². The maximum Gasteiger partial charge on any atom is 0.131 e. The lowest BCUT2D eigenvalue weighted by atomic mass is 10.6. The third-order valence-corrected chi connectivity index (χ3v) is 1.05. The van der Waals surface area contributed by atoms with E-state index in [-0.39, 0.29) is 0 Å². The number of rotatable bonds is 5. The topological polar surface area (TPSA) is 139 Å². The zero-order valence-electron chi connectivity index (χ0n) is 7.39. The molecule has 0 fully saturated rings. The van der Waals surface area contributed by atoms with E-state index in [9.17, 15) is 0 Å². The Morgan fingerprint density at radius 1 is 1.07 bits per heavy atom. The molecular weight excluding hydrogens is 200 g/mol. The summed E-state index contributed by atoms with van der Waals surface area (Å²) in [5, 5.41) is 32.0. The van der Waals surface area contributed by atoms with E-state index in [1.807, 2.05) is 0 Å². The second kappa shape index (κ2) is 6.82. The number of nitrogens with one attached hydrogen (secondary N) is 2. The zero-order valence-corrected chi connectivity index (χ0v) is 7.39. The van der Waals surface area contributed by atoms with Crippen LogP contribution in [0.2, 0.25) is 0 Å². The van der Waals surface area contributed by atoms with E-state index in [4.69, 9.17) is 5.41 Å². The Kier molecular flexibility index (Phi) is 4.74. The van der Waals surface area contributed by atoms with Gasteiger partial charge in [-0.25, -0.2) is 0 Å². The predicted octanol–water partition coefficient (Wildman–Crippen LogP) is 2.81. The Labute approximate surface area is 83.4 Å². The molecule has 0 unspecified atom stereocenters. The lowest BCUT2D eigenvalue weighted by Crippen LogP contribution is -1.53. The van der Waals surface area contributed by atoms with Crippen LogP contribution in [0.1, 0.15) is 0 Å². The van der Waals surface area contributed by atoms with Crippen LogP contribution in [0.15, 0.2) is 60.0 Å². The molecule has 0 aliphatic carbocycles.